The molecule has 144 valence electrons. The van der Waals surface area contributed by atoms with Gasteiger partial charge in [-0.25, -0.2) is 13.8 Å². The van der Waals surface area contributed by atoms with Gasteiger partial charge in [0.2, 0.25) is 0 Å². The van der Waals surface area contributed by atoms with Gasteiger partial charge in [-0.05, 0) is 42.5 Å². The molecule has 0 unspecified atom stereocenters. The van der Waals surface area contributed by atoms with Gasteiger partial charge in [0, 0.05) is 18.3 Å². The summed E-state index contributed by atoms with van der Waals surface area (Å²) < 4.78 is 28.7. The summed E-state index contributed by atoms with van der Waals surface area (Å²) in [6, 6.07) is 16.1. The lowest BCUT2D eigenvalue weighted by atomic mass is 10.2. The van der Waals surface area contributed by atoms with Gasteiger partial charge in [0.15, 0.2) is 0 Å². The van der Waals surface area contributed by atoms with Gasteiger partial charge in [0.1, 0.15) is 16.6 Å². The molecule has 0 saturated heterocycles. The second-order valence-corrected chi connectivity index (χ2v) is 7.26. The highest BCUT2D eigenvalue weighted by Crippen LogP contribution is 2.24. The van der Waals surface area contributed by atoms with Gasteiger partial charge in [-0.15, -0.1) is 11.3 Å². The Morgan fingerprint density at radius 3 is 2.66 bits per heavy atom. The molecule has 29 heavy (non-hydrogen) atoms. The summed E-state index contributed by atoms with van der Waals surface area (Å²) in [4.78, 5) is 22.8. The zero-order valence-corrected chi connectivity index (χ0v) is 15.9. The predicted octanol–water partition coefficient (Wildman–Crippen LogP) is 5.22. The first-order valence-corrected chi connectivity index (χ1v) is 9.62. The van der Waals surface area contributed by atoms with Gasteiger partial charge < -0.3 is 0 Å². The summed E-state index contributed by atoms with van der Waals surface area (Å²) in [5, 5.41) is 0.664. The molecule has 2 heterocycles. The standard InChI is InChI=1S/C22H15F2N3OS/c23-15-8-9-19(17(24)13-15)27(14-16-5-3-4-12-25-16)22(28)11-10-21-26-18-6-1-2-7-20(18)29-21/h1-13H,14H2/b11-10+. The molecule has 4 nitrogen and oxygen atoms in total. The van der Waals surface area contributed by atoms with Gasteiger partial charge in [-0.2, -0.15) is 0 Å². The largest absolute Gasteiger partial charge is 0.300 e. The first kappa shape index (κ1) is 18.9. The number of nitrogens with zero attached hydrogens (tertiary/aromatic N) is 3. The lowest BCUT2D eigenvalue weighted by Gasteiger charge is -2.21. The van der Waals surface area contributed by atoms with Crippen LogP contribution < -0.4 is 4.90 Å². The molecule has 0 atom stereocenters. The van der Waals surface area contributed by atoms with E-state index in [-0.39, 0.29) is 12.2 Å². The molecular weight excluding hydrogens is 392 g/mol. The number of amides is 1. The third-order valence-electron chi connectivity index (χ3n) is 4.19. The molecule has 2 aromatic heterocycles. The van der Waals surface area contributed by atoms with Crippen LogP contribution in [0.1, 0.15) is 10.7 Å². The molecule has 0 spiro atoms. The average molecular weight is 407 g/mol. The maximum absolute atomic E-state index is 14.4. The zero-order valence-electron chi connectivity index (χ0n) is 15.1. The Balaban J connectivity index is 1.64. The molecule has 0 bridgehead atoms. The van der Waals surface area contributed by atoms with E-state index in [1.165, 1.54) is 28.4 Å². The Morgan fingerprint density at radius 1 is 1.07 bits per heavy atom. The number of rotatable bonds is 5. The van der Waals surface area contributed by atoms with Crippen LogP contribution in [0.2, 0.25) is 0 Å². The summed E-state index contributed by atoms with van der Waals surface area (Å²) >= 11 is 1.45. The molecule has 7 heteroatoms. The zero-order chi connectivity index (χ0) is 20.2. The smallest absolute Gasteiger partial charge is 0.251 e. The molecule has 4 rings (SSSR count). The molecule has 0 saturated carbocycles. The van der Waals surface area contributed by atoms with Crippen LogP contribution in [0.5, 0.6) is 0 Å². The number of benzene rings is 2. The van der Waals surface area contributed by atoms with Crippen molar-refractivity contribution in [1.82, 2.24) is 9.97 Å². The van der Waals surface area contributed by atoms with E-state index in [9.17, 15) is 13.6 Å². The van der Waals surface area contributed by atoms with Crippen LogP contribution in [0.15, 0.2) is 72.9 Å². The Labute approximate surface area is 169 Å². The Hall–Kier alpha value is -3.45. The number of hydrogen-bond donors (Lipinski definition) is 0. The fraction of sp³-hybridized carbons (Fsp3) is 0.0455. The van der Waals surface area contributed by atoms with E-state index in [0.717, 1.165) is 22.3 Å². The van der Waals surface area contributed by atoms with Gasteiger partial charge in [-0.3, -0.25) is 14.7 Å². The highest BCUT2D eigenvalue weighted by Gasteiger charge is 2.19. The van der Waals surface area contributed by atoms with Crippen LogP contribution in [-0.2, 0) is 11.3 Å². The molecule has 0 radical (unpaired) electrons. The minimum absolute atomic E-state index is 0.0176. The van der Waals surface area contributed by atoms with Gasteiger partial charge in [0.05, 0.1) is 28.1 Å². The van der Waals surface area contributed by atoms with Crippen molar-refractivity contribution in [2.45, 2.75) is 6.54 Å². The quantitative estimate of drug-likeness (QED) is 0.426. The third kappa shape index (κ3) is 4.35. The van der Waals surface area contributed by atoms with E-state index in [2.05, 4.69) is 9.97 Å². The summed E-state index contributed by atoms with van der Waals surface area (Å²) in [6.45, 7) is 0.0480. The van der Waals surface area contributed by atoms with Crippen LogP contribution in [0.3, 0.4) is 0 Å². The maximum Gasteiger partial charge on any atom is 0.251 e. The van der Waals surface area contributed by atoms with Crippen LogP contribution in [-0.4, -0.2) is 15.9 Å². The molecule has 0 N–H and O–H groups in total. The van der Waals surface area contributed by atoms with Crippen molar-refractivity contribution >= 4 is 39.2 Å². The minimum Gasteiger partial charge on any atom is -0.300 e. The first-order chi connectivity index (χ1) is 14.1. The summed E-state index contributed by atoms with van der Waals surface area (Å²) in [5.74, 6) is -1.98. The second-order valence-electron chi connectivity index (χ2n) is 6.19. The second kappa shape index (κ2) is 8.28. The Morgan fingerprint density at radius 2 is 1.90 bits per heavy atom. The highest BCUT2D eigenvalue weighted by molar-refractivity contribution is 7.19. The normalized spacial score (nSPS) is 11.2. The predicted molar refractivity (Wildman–Crippen MR) is 110 cm³/mol. The van der Waals surface area contributed by atoms with E-state index in [1.54, 1.807) is 30.5 Å². The van der Waals surface area contributed by atoms with Gasteiger partial charge >= 0.3 is 0 Å². The number of carbonyl (C=O) groups excluding carboxylic acids is 1. The number of pyridine rings is 1. The van der Waals surface area contributed by atoms with E-state index in [1.807, 2.05) is 24.3 Å². The molecule has 0 aliphatic heterocycles. The fourth-order valence-electron chi connectivity index (χ4n) is 2.83. The first-order valence-electron chi connectivity index (χ1n) is 8.80. The van der Waals surface area contributed by atoms with Crippen molar-refractivity contribution in [3.8, 4) is 0 Å². The molecular formula is C22H15F2N3OS. The maximum atomic E-state index is 14.4. The number of carbonyl (C=O) groups is 1. The van der Waals surface area contributed by atoms with Gasteiger partial charge in [0.25, 0.3) is 5.91 Å². The van der Waals surface area contributed by atoms with Crippen molar-refractivity contribution in [3.63, 3.8) is 0 Å². The highest BCUT2D eigenvalue weighted by atomic mass is 32.1. The number of hydrogen-bond acceptors (Lipinski definition) is 4. The fourth-order valence-corrected chi connectivity index (χ4v) is 3.70. The van der Waals surface area contributed by atoms with Gasteiger partial charge in [-0.1, -0.05) is 18.2 Å². The van der Waals surface area contributed by atoms with Crippen molar-refractivity contribution in [2.24, 2.45) is 0 Å². The molecule has 1 amide bonds. The molecule has 0 aliphatic rings. The number of fused-ring (bicyclic) bond motifs is 1. The number of aromatic nitrogens is 2. The number of anilines is 1. The molecule has 4 aromatic rings. The van der Waals surface area contributed by atoms with E-state index < -0.39 is 17.5 Å². The number of thiazole rings is 1. The van der Waals surface area contributed by atoms with Crippen LogP contribution in [0.4, 0.5) is 14.5 Å². The van der Waals surface area contributed by atoms with Crippen LogP contribution in [0.25, 0.3) is 16.3 Å². The average Bonchev–Trinajstić information content (AvgIpc) is 3.14. The van der Waals surface area contributed by atoms with Crippen LogP contribution >= 0.6 is 11.3 Å². The van der Waals surface area contributed by atoms with E-state index >= 15 is 0 Å². The molecule has 0 fully saturated rings. The van der Waals surface area contributed by atoms with E-state index in [4.69, 9.17) is 0 Å². The number of para-hydroxylation sites is 1. The topological polar surface area (TPSA) is 46.1 Å². The lowest BCUT2D eigenvalue weighted by molar-refractivity contribution is -0.114. The van der Waals surface area contributed by atoms with Crippen molar-refractivity contribution in [3.05, 3.63) is 95.3 Å². The summed E-state index contributed by atoms with van der Waals surface area (Å²) in [6.07, 6.45) is 4.53. The SMILES string of the molecule is O=C(/C=C/c1nc2ccccc2s1)N(Cc1ccccn1)c1ccc(F)cc1F. The van der Waals surface area contributed by atoms with Crippen molar-refractivity contribution in [2.75, 3.05) is 4.90 Å². The molecule has 2 aromatic carbocycles. The Bertz CT molecular complexity index is 1160. The van der Waals surface area contributed by atoms with Crippen molar-refractivity contribution < 1.29 is 13.6 Å². The van der Waals surface area contributed by atoms with E-state index in [0.29, 0.717) is 10.7 Å². The lowest BCUT2D eigenvalue weighted by Crippen LogP contribution is -2.30. The minimum atomic E-state index is -0.817. The monoisotopic (exact) mass is 407 g/mol. The van der Waals surface area contributed by atoms with Crippen LogP contribution in [0, 0.1) is 11.6 Å². The third-order valence-corrected chi connectivity index (χ3v) is 5.19. The summed E-state index contributed by atoms with van der Waals surface area (Å²) in [7, 11) is 0. The van der Waals surface area contributed by atoms with Crippen molar-refractivity contribution in [1.29, 1.82) is 0 Å². The summed E-state index contributed by atoms with van der Waals surface area (Å²) in [5.41, 5.74) is 1.41. The molecule has 0 aliphatic carbocycles. The number of halogens is 2. The Kier molecular flexibility index (Phi) is 5.39.